The Labute approximate surface area is 120 Å². The number of nitrogens with zero attached hydrogens (tertiary/aromatic N) is 1. The molecular weight excluding hydrogens is 253 g/mol. The zero-order chi connectivity index (χ0) is 15.0. The maximum absolute atomic E-state index is 12.8. The third-order valence-electron chi connectivity index (χ3n) is 3.21. The van der Waals surface area contributed by atoms with E-state index in [-0.39, 0.29) is 5.82 Å². The van der Waals surface area contributed by atoms with Gasteiger partial charge >= 0.3 is 0 Å². The van der Waals surface area contributed by atoms with Crippen molar-refractivity contribution in [3.05, 3.63) is 53.9 Å². The summed E-state index contributed by atoms with van der Waals surface area (Å²) in [7, 11) is 1.79. The molecule has 0 saturated heterocycles. The van der Waals surface area contributed by atoms with Crippen molar-refractivity contribution in [2.75, 3.05) is 13.7 Å². The van der Waals surface area contributed by atoms with Gasteiger partial charge in [0, 0.05) is 12.8 Å². The molecule has 0 spiro atoms. The molecule has 0 saturated carbocycles. The van der Waals surface area contributed by atoms with E-state index >= 15 is 0 Å². The van der Waals surface area contributed by atoms with Gasteiger partial charge in [-0.3, -0.25) is 4.99 Å². The zero-order valence-corrected chi connectivity index (χ0v) is 12.4. The van der Waals surface area contributed by atoms with E-state index in [9.17, 15) is 4.39 Å². The Morgan fingerprint density at radius 3 is 2.50 bits per heavy atom. The fourth-order valence-electron chi connectivity index (χ4n) is 1.89. The van der Waals surface area contributed by atoms with Crippen LogP contribution in [-0.2, 0) is 0 Å². The Bertz CT molecular complexity index is 500. The lowest BCUT2D eigenvalue weighted by atomic mass is 10.0. The summed E-state index contributed by atoms with van der Waals surface area (Å²) in [5.74, 6) is 0.442. The number of ether oxygens (including phenoxy) is 1. The monoisotopic (exact) mass is 275 g/mol. The molecule has 3 heteroatoms. The summed E-state index contributed by atoms with van der Waals surface area (Å²) in [6, 6.07) is 6.08. The molecule has 108 valence electrons. The molecule has 0 N–H and O–H groups in total. The van der Waals surface area contributed by atoms with Crippen molar-refractivity contribution in [2.45, 2.75) is 26.7 Å². The summed E-state index contributed by atoms with van der Waals surface area (Å²) in [6.45, 7) is 8.44. The molecule has 2 nitrogen and oxygen atoms in total. The van der Waals surface area contributed by atoms with Crippen molar-refractivity contribution in [1.29, 1.82) is 0 Å². The number of allylic oxidation sites excluding steroid dienone is 3. The summed E-state index contributed by atoms with van der Waals surface area (Å²) in [6.07, 6.45) is 3.62. The van der Waals surface area contributed by atoms with Gasteiger partial charge in [0.1, 0.15) is 11.6 Å². The standard InChI is InChI=1S/C17H22FNO/c1-5-13(2)17(14(3)19-4)7-6-12-20-16-10-8-15(18)9-11-16/h5,8-11H,1,6-7,12H2,2-4H3/b17-13-,19-14?. The fourth-order valence-corrected chi connectivity index (χ4v) is 1.89. The quantitative estimate of drug-likeness (QED) is 0.405. The number of rotatable bonds is 7. The van der Waals surface area contributed by atoms with Crippen LogP contribution in [0.2, 0.25) is 0 Å². The lowest BCUT2D eigenvalue weighted by Crippen LogP contribution is -2.04. The highest BCUT2D eigenvalue weighted by molar-refractivity contribution is 5.99. The van der Waals surface area contributed by atoms with Crippen LogP contribution in [0, 0.1) is 5.82 Å². The highest BCUT2D eigenvalue weighted by Crippen LogP contribution is 2.16. The van der Waals surface area contributed by atoms with E-state index in [1.807, 2.05) is 19.9 Å². The first-order valence-electron chi connectivity index (χ1n) is 6.72. The molecule has 0 heterocycles. The average molecular weight is 275 g/mol. The van der Waals surface area contributed by atoms with Gasteiger partial charge in [0.25, 0.3) is 0 Å². The molecule has 0 amide bonds. The van der Waals surface area contributed by atoms with Crippen LogP contribution in [-0.4, -0.2) is 19.4 Å². The topological polar surface area (TPSA) is 21.6 Å². The molecule has 1 aromatic carbocycles. The molecule has 20 heavy (non-hydrogen) atoms. The Hall–Kier alpha value is -1.90. The molecule has 0 radical (unpaired) electrons. The van der Waals surface area contributed by atoms with Crippen LogP contribution in [0.5, 0.6) is 5.75 Å². The number of aliphatic imine (C=N–C) groups is 1. The van der Waals surface area contributed by atoms with E-state index < -0.39 is 0 Å². The summed E-state index contributed by atoms with van der Waals surface area (Å²) in [5.41, 5.74) is 3.39. The first-order chi connectivity index (χ1) is 9.58. The summed E-state index contributed by atoms with van der Waals surface area (Å²) < 4.78 is 18.3. The molecule has 0 fully saturated rings. The Balaban J connectivity index is 2.50. The summed E-state index contributed by atoms with van der Waals surface area (Å²) in [5, 5.41) is 0. The average Bonchev–Trinajstić information content (AvgIpc) is 2.47. The van der Waals surface area contributed by atoms with E-state index in [4.69, 9.17) is 4.74 Å². The SMILES string of the molecule is C=C/C(C)=C(/CCCOc1ccc(F)cc1)C(C)=NC. The molecule has 0 aliphatic carbocycles. The minimum absolute atomic E-state index is 0.251. The van der Waals surface area contributed by atoms with Gasteiger partial charge in [-0.25, -0.2) is 4.39 Å². The van der Waals surface area contributed by atoms with Gasteiger partial charge in [-0.05, 0) is 62.1 Å². The molecular formula is C17H22FNO. The Morgan fingerprint density at radius 1 is 1.30 bits per heavy atom. The highest BCUT2D eigenvalue weighted by atomic mass is 19.1. The lowest BCUT2D eigenvalue weighted by Gasteiger charge is -2.11. The molecule has 1 rings (SSSR count). The van der Waals surface area contributed by atoms with Crippen molar-refractivity contribution < 1.29 is 9.13 Å². The maximum Gasteiger partial charge on any atom is 0.123 e. The van der Waals surface area contributed by atoms with Crippen LogP contribution >= 0.6 is 0 Å². The van der Waals surface area contributed by atoms with Crippen molar-refractivity contribution in [1.82, 2.24) is 0 Å². The van der Waals surface area contributed by atoms with Gasteiger partial charge in [-0.1, -0.05) is 12.7 Å². The number of hydrogen-bond acceptors (Lipinski definition) is 2. The number of hydrogen-bond donors (Lipinski definition) is 0. The first kappa shape index (κ1) is 16.2. The van der Waals surface area contributed by atoms with Crippen molar-refractivity contribution in [3.8, 4) is 5.75 Å². The second-order valence-electron chi connectivity index (χ2n) is 4.58. The first-order valence-corrected chi connectivity index (χ1v) is 6.72. The number of benzene rings is 1. The fraction of sp³-hybridized carbons (Fsp3) is 0.353. The van der Waals surface area contributed by atoms with Crippen LogP contribution in [0.3, 0.4) is 0 Å². The van der Waals surface area contributed by atoms with Crippen molar-refractivity contribution >= 4 is 5.71 Å². The van der Waals surface area contributed by atoms with Crippen LogP contribution in [0.1, 0.15) is 26.7 Å². The van der Waals surface area contributed by atoms with Gasteiger partial charge in [0.2, 0.25) is 0 Å². The van der Waals surface area contributed by atoms with E-state index in [1.54, 1.807) is 19.2 Å². The van der Waals surface area contributed by atoms with E-state index in [2.05, 4.69) is 11.6 Å². The van der Waals surface area contributed by atoms with Gasteiger partial charge in [0.05, 0.1) is 6.61 Å². The molecule has 0 aliphatic rings. The molecule has 0 unspecified atom stereocenters. The molecule has 0 aliphatic heterocycles. The van der Waals surface area contributed by atoms with Gasteiger partial charge in [-0.15, -0.1) is 0 Å². The van der Waals surface area contributed by atoms with E-state index in [1.165, 1.54) is 17.7 Å². The van der Waals surface area contributed by atoms with Crippen LogP contribution in [0.4, 0.5) is 4.39 Å². The molecule has 1 aromatic rings. The van der Waals surface area contributed by atoms with E-state index in [0.717, 1.165) is 24.1 Å². The normalized spacial score (nSPS) is 12.9. The summed E-state index contributed by atoms with van der Waals surface area (Å²) >= 11 is 0. The minimum atomic E-state index is -0.251. The molecule has 0 bridgehead atoms. The van der Waals surface area contributed by atoms with E-state index in [0.29, 0.717) is 12.4 Å². The third-order valence-corrected chi connectivity index (χ3v) is 3.21. The smallest absolute Gasteiger partial charge is 0.123 e. The maximum atomic E-state index is 12.8. The largest absolute Gasteiger partial charge is 0.494 e. The minimum Gasteiger partial charge on any atom is -0.494 e. The van der Waals surface area contributed by atoms with Gasteiger partial charge in [0.15, 0.2) is 0 Å². The second kappa shape index (κ2) is 8.31. The second-order valence-corrected chi connectivity index (χ2v) is 4.58. The zero-order valence-electron chi connectivity index (χ0n) is 12.4. The molecule has 0 aromatic heterocycles. The van der Waals surface area contributed by atoms with Crippen molar-refractivity contribution in [3.63, 3.8) is 0 Å². The predicted octanol–water partition coefficient (Wildman–Crippen LogP) is 4.58. The third kappa shape index (κ3) is 5.00. The summed E-state index contributed by atoms with van der Waals surface area (Å²) in [4.78, 5) is 4.23. The lowest BCUT2D eigenvalue weighted by molar-refractivity contribution is 0.311. The van der Waals surface area contributed by atoms with Crippen LogP contribution in [0.25, 0.3) is 0 Å². The van der Waals surface area contributed by atoms with Crippen LogP contribution in [0.15, 0.2) is 53.1 Å². The van der Waals surface area contributed by atoms with Crippen molar-refractivity contribution in [2.24, 2.45) is 4.99 Å². The Morgan fingerprint density at radius 2 is 1.95 bits per heavy atom. The van der Waals surface area contributed by atoms with Crippen LogP contribution < -0.4 is 4.74 Å². The number of halogens is 1. The van der Waals surface area contributed by atoms with Gasteiger partial charge in [-0.2, -0.15) is 0 Å². The molecule has 0 atom stereocenters. The Kier molecular flexibility index (Phi) is 6.71. The highest BCUT2D eigenvalue weighted by Gasteiger charge is 2.05. The van der Waals surface area contributed by atoms with Gasteiger partial charge < -0.3 is 4.74 Å². The predicted molar refractivity (Wildman–Crippen MR) is 83.1 cm³/mol.